The first-order chi connectivity index (χ1) is 13.1. The molecule has 0 radical (unpaired) electrons. The molecule has 2 spiro atoms. The van der Waals surface area contributed by atoms with Crippen molar-refractivity contribution in [2.45, 2.75) is 74.5 Å². The van der Waals surface area contributed by atoms with E-state index in [4.69, 9.17) is 9.47 Å². The van der Waals surface area contributed by atoms with E-state index in [1.165, 1.54) is 49.9 Å². The van der Waals surface area contributed by atoms with E-state index in [0.29, 0.717) is 17.2 Å². The number of ether oxygens (including phenoxy) is 2. The van der Waals surface area contributed by atoms with E-state index in [0.717, 1.165) is 37.4 Å². The number of aromatic hydroxyl groups is 1. The molecule has 5 fully saturated rings. The molecule has 144 valence electrons. The van der Waals surface area contributed by atoms with Crippen LogP contribution in [0.4, 0.5) is 0 Å². The van der Waals surface area contributed by atoms with E-state index in [9.17, 15) is 5.11 Å². The van der Waals surface area contributed by atoms with Gasteiger partial charge in [0.1, 0.15) is 11.7 Å². The van der Waals surface area contributed by atoms with Gasteiger partial charge >= 0.3 is 0 Å². The molecule has 4 bridgehead atoms. The van der Waals surface area contributed by atoms with Gasteiger partial charge in [-0.15, -0.1) is 0 Å². The Kier molecular flexibility index (Phi) is 2.70. The van der Waals surface area contributed by atoms with Crippen molar-refractivity contribution in [3.05, 3.63) is 23.3 Å². The third-order valence-corrected chi connectivity index (χ3v) is 9.59. The number of likely N-dealkylation sites (tertiary alicyclic amines) is 1. The zero-order valence-electron chi connectivity index (χ0n) is 16.2. The normalized spacial score (nSPS) is 46.3. The largest absolute Gasteiger partial charge is 0.504 e. The molecular formula is C23H29NO3. The SMILES string of the molecule is CO[C@]12CC[C@@]3(CC1)[C@H]1Cc4ccc(O)c5c4[C@@]3(CCN1CC1CC1)[C@H]2O5. The van der Waals surface area contributed by atoms with Gasteiger partial charge in [-0.05, 0) is 80.9 Å². The number of rotatable bonds is 3. The van der Waals surface area contributed by atoms with Crippen LogP contribution in [-0.4, -0.2) is 48.0 Å². The van der Waals surface area contributed by atoms with Crippen LogP contribution in [0.25, 0.3) is 0 Å². The minimum Gasteiger partial charge on any atom is -0.504 e. The quantitative estimate of drug-likeness (QED) is 0.889. The van der Waals surface area contributed by atoms with Gasteiger partial charge in [0.15, 0.2) is 11.5 Å². The maximum absolute atomic E-state index is 10.7. The lowest BCUT2D eigenvalue weighted by atomic mass is 9.36. The topological polar surface area (TPSA) is 41.9 Å². The average molecular weight is 367 g/mol. The second-order valence-corrected chi connectivity index (χ2v) is 10.3. The zero-order valence-corrected chi connectivity index (χ0v) is 16.2. The lowest BCUT2D eigenvalue weighted by Gasteiger charge is -2.72. The molecule has 5 aliphatic carbocycles. The van der Waals surface area contributed by atoms with Crippen LogP contribution in [0, 0.1) is 11.3 Å². The van der Waals surface area contributed by atoms with Gasteiger partial charge in [0.2, 0.25) is 0 Å². The summed E-state index contributed by atoms with van der Waals surface area (Å²) in [7, 11) is 1.88. The van der Waals surface area contributed by atoms with Crippen molar-refractivity contribution in [3.63, 3.8) is 0 Å². The van der Waals surface area contributed by atoms with Gasteiger partial charge in [-0.1, -0.05) is 6.07 Å². The van der Waals surface area contributed by atoms with Gasteiger partial charge < -0.3 is 14.6 Å². The molecule has 2 aliphatic heterocycles. The summed E-state index contributed by atoms with van der Waals surface area (Å²) in [4.78, 5) is 2.86. The van der Waals surface area contributed by atoms with Gasteiger partial charge in [0.05, 0.1) is 0 Å². The maximum atomic E-state index is 10.7. The fourth-order valence-corrected chi connectivity index (χ4v) is 8.29. The Balaban J connectivity index is 1.48. The average Bonchev–Trinajstić information content (AvgIpc) is 3.43. The fraction of sp³-hybridized carbons (Fsp3) is 0.739. The summed E-state index contributed by atoms with van der Waals surface area (Å²) in [5.41, 5.74) is 2.98. The molecule has 1 N–H and O–H groups in total. The lowest BCUT2D eigenvalue weighted by Crippen LogP contribution is -2.78. The molecule has 3 atom stereocenters. The highest BCUT2D eigenvalue weighted by molar-refractivity contribution is 5.63. The molecule has 2 heterocycles. The molecule has 0 unspecified atom stereocenters. The van der Waals surface area contributed by atoms with E-state index in [1.807, 2.05) is 13.2 Å². The van der Waals surface area contributed by atoms with Gasteiger partial charge in [0.25, 0.3) is 0 Å². The van der Waals surface area contributed by atoms with E-state index < -0.39 is 0 Å². The fourth-order valence-electron chi connectivity index (χ4n) is 8.29. The monoisotopic (exact) mass is 367 g/mol. The van der Waals surface area contributed by atoms with Crippen LogP contribution >= 0.6 is 0 Å². The molecular weight excluding hydrogens is 338 g/mol. The first kappa shape index (κ1) is 15.6. The van der Waals surface area contributed by atoms with Crippen molar-refractivity contribution >= 4 is 0 Å². The molecule has 4 saturated carbocycles. The predicted octanol–water partition coefficient (Wildman–Crippen LogP) is 3.39. The van der Waals surface area contributed by atoms with Crippen LogP contribution in [0.2, 0.25) is 0 Å². The summed E-state index contributed by atoms with van der Waals surface area (Å²) in [6.07, 6.45) is 9.93. The van der Waals surface area contributed by atoms with Crippen LogP contribution in [0.15, 0.2) is 12.1 Å². The summed E-state index contributed by atoms with van der Waals surface area (Å²) in [5.74, 6) is 2.06. The van der Waals surface area contributed by atoms with Crippen molar-refractivity contribution in [3.8, 4) is 11.5 Å². The number of hydrogen-bond acceptors (Lipinski definition) is 4. The Labute approximate surface area is 160 Å². The number of methoxy groups -OCH3 is 1. The molecule has 27 heavy (non-hydrogen) atoms. The van der Waals surface area contributed by atoms with Crippen molar-refractivity contribution in [2.75, 3.05) is 20.2 Å². The summed E-state index contributed by atoms with van der Waals surface area (Å²) in [6.45, 7) is 2.47. The minimum absolute atomic E-state index is 0.0475. The van der Waals surface area contributed by atoms with Crippen molar-refractivity contribution in [1.82, 2.24) is 4.90 Å². The van der Waals surface area contributed by atoms with E-state index in [-0.39, 0.29) is 17.1 Å². The summed E-state index contributed by atoms with van der Waals surface area (Å²) >= 11 is 0. The Morgan fingerprint density at radius 2 is 2.00 bits per heavy atom. The second kappa shape index (κ2) is 4.65. The molecule has 1 aromatic rings. The number of benzene rings is 1. The third kappa shape index (κ3) is 1.55. The molecule has 1 saturated heterocycles. The first-order valence-electron chi connectivity index (χ1n) is 10.9. The predicted molar refractivity (Wildman–Crippen MR) is 101 cm³/mol. The number of phenolic OH excluding ortho intramolecular Hbond substituents is 1. The van der Waals surface area contributed by atoms with Crippen LogP contribution in [0.1, 0.15) is 56.1 Å². The Morgan fingerprint density at radius 3 is 2.74 bits per heavy atom. The summed E-state index contributed by atoms with van der Waals surface area (Å²) in [6, 6.07) is 4.68. The van der Waals surface area contributed by atoms with Gasteiger partial charge in [-0.2, -0.15) is 0 Å². The van der Waals surface area contributed by atoms with Crippen LogP contribution in [-0.2, 0) is 16.6 Å². The molecule has 7 aliphatic rings. The smallest absolute Gasteiger partial charge is 0.165 e. The number of hydrogen-bond donors (Lipinski definition) is 1. The van der Waals surface area contributed by atoms with Gasteiger partial charge in [-0.25, -0.2) is 0 Å². The molecule has 0 aromatic heterocycles. The molecule has 4 heteroatoms. The number of fused-ring (bicyclic) bond motifs is 2. The highest BCUT2D eigenvalue weighted by Crippen LogP contribution is 2.75. The van der Waals surface area contributed by atoms with Crippen LogP contribution in [0.5, 0.6) is 11.5 Å². The van der Waals surface area contributed by atoms with Crippen molar-refractivity contribution in [2.24, 2.45) is 11.3 Å². The third-order valence-electron chi connectivity index (χ3n) is 9.59. The van der Waals surface area contributed by atoms with Crippen LogP contribution in [0.3, 0.4) is 0 Å². The molecule has 8 rings (SSSR count). The number of phenols is 1. The number of nitrogens with zero attached hydrogens (tertiary/aromatic N) is 1. The number of piperidine rings is 1. The van der Waals surface area contributed by atoms with Crippen molar-refractivity contribution < 1.29 is 14.6 Å². The standard InChI is InChI=1S/C23H29NO3/c1-26-22-8-6-21(7-9-22)17-12-15-4-5-16(25)19-18(15)23(21,20(22)27-19)10-11-24(17)13-14-2-3-14/h4-5,14,17,20,25H,2-3,6-13H2,1H3/t17-,20+,21-,22-,23+/m1/s1. The molecule has 4 nitrogen and oxygen atoms in total. The van der Waals surface area contributed by atoms with E-state index >= 15 is 0 Å². The zero-order chi connectivity index (χ0) is 18.0. The Hall–Kier alpha value is -1.26. The van der Waals surface area contributed by atoms with E-state index in [1.54, 1.807) is 0 Å². The van der Waals surface area contributed by atoms with Gasteiger partial charge in [0, 0.05) is 30.7 Å². The second-order valence-electron chi connectivity index (χ2n) is 10.3. The van der Waals surface area contributed by atoms with Gasteiger partial charge in [-0.3, -0.25) is 4.90 Å². The van der Waals surface area contributed by atoms with Crippen LogP contribution < -0.4 is 4.74 Å². The molecule has 0 amide bonds. The lowest BCUT2D eigenvalue weighted by molar-refractivity contribution is -0.251. The summed E-state index contributed by atoms with van der Waals surface area (Å²) in [5, 5.41) is 10.7. The summed E-state index contributed by atoms with van der Waals surface area (Å²) < 4.78 is 12.9. The van der Waals surface area contributed by atoms with Crippen molar-refractivity contribution in [1.29, 1.82) is 0 Å². The Bertz CT molecular complexity index is 838. The molecule has 1 aromatic carbocycles. The minimum atomic E-state index is -0.176. The highest BCUT2D eigenvalue weighted by Gasteiger charge is 2.78. The maximum Gasteiger partial charge on any atom is 0.165 e. The van der Waals surface area contributed by atoms with E-state index in [2.05, 4.69) is 11.0 Å². The first-order valence-corrected chi connectivity index (χ1v) is 10.9. The Morgan fingerprint density at radius 1 is 1.19 bits per heavy atom. The highest BCUT2D eigenvalue weighted by atomic mass is 16.6.